The van der Waals surface area contributed by atoms with Crippen molar-refractivity contribution in [2.75, 3.05) is 5.32 Å². The number of aromatic nitrogens is 2. The maximum absolute atomic E-state index is 12.3. The highest BCUT2D eigenvalue weighted by atomic mass is 16.6. The highest BCUT2D eigenvalue weighted by Crippen LogP contribution is 2.30. The third kappa shape index (κ3) is 5.88. The zero-order chi connectivity index (χ0) is 23.3. The van der Waals surface area contributed by atoms with Crippen molar-refractivity contribution in [1.29, 1.82) is 0 Å². The molecule has 166 valence electrons. The highest BCUT2D eigenvalue weighted by Gasteiger charge is 2.16. The number of hydrogen-bond donors (Lipinski definition) is 1. The molecule has 2 aromatic carbocycles. The van der Waals surface area contributed by atoms with Crippen LogP contribution in [-0.4, -0.2) is 25.5 Å². The molecule has 0 bridgehead atoms. The summed E-state index contributed by atoms with van der Waals surface area (Å²) in [4.78, 5) is 33.3. The van der Waals surface area contributed by atoms with Gasteiger partial charge in [0.15, 0.2) is 0 Å². The highest BCUT2D eigenvalue weighted by molar-refractivity contribution is 5.91. The first-order chi connectivity index (χ1) is 15.2. The third-order valence-corrected chi connectivity index (χ3v) is 4.57. The Morgan fingerprint density at radius 2 is 1.75 bits per heavy atom. The Morgan fingerprint density at radius 1 is 1.03 bits per heavy atom. The number of carbonyl (C=O) groups excluding carboxylic acids is 1. The molecule has 0 fully saturated rings. The number of hydrogen-bond acceptors (Lipinski definition) is 7. The third-order valence-electron chi connectivity index (χ3n) is 4.57. The largest absolute Gasteiger partial charge is 0.457 e. The summed E-state index contributed by atoms with van der Waals surface area (Å²) in [5.41, 5.74) is 1.68. The van der Waals surface area contributed by atoms with Gasteiger partial charge in [-0.3, -0.25) is 14.9 Å². The molecule has 0 spiro atoms. The fourth-order valence-electron chi connectivity index (χ4n) is 2.98. The van der Waals surface area contributed by atoms with Gasteiger partial charge in [-0.25, -0.2) is 0 Å². The molecule has 0 saturated heterocycles. The fraction of sp³-hybridized carbons (Fsp3) is 0.238. The lowest BCUT2D eigenvalue weighted by molar-refractivity contribution is -0.389. The van der Waals surface area contributed by atoms with E-state index in [1.807, 2.05) is 19.1 Å². The fourth-order valence-corrected chi connectivity index (χ4v) is 2.98. The van der Waals surface area contributed by atoms with Gasteiger partial charge in [0.1, 0.15) is 11.5 Å². The van der Waals surface area contributed by atoms with Gasteiger partial charge in [0.25, 0.3) is 5.69 Å². The first kappa shape index (κ1) is 22.4. The molecule has 3 aromatic rings. The summed E-state index contributed by atoms with van der Waals surface area (Å²) in [6.45, 7) is 3.95. The average Bonchev–Trinajstić information content (AvgIpc) is 3.10. The molecule has 0 radical (unpaired) electrons. The first-order valence-electron chi connectivity index (χ1n) is 9.74. The number of rotatable bonds is 9. The van der Waals surface area contributed by atoms with E-state index >= 15 is 0 Å². The number of ether oxygens (including phenoxy) is 1. The van der Waals surface area contributed by atoms with E-state index in [1.54, 1.807) is 19.1 Å². The van der Waals surface area contributed by atoms with Crippen molar-refractivity contribution in [3.63, 3.8) is 0 Å². The van der Waals surface area contributed by atoms with Crippen LogP contribution in [0.5, 0.6) is 11.5 Å². The van der Waals surface area contributed by atoms with E-state index in [0.29, 0.717) is 24.4 Å². The molecular weight excluding hydrogens is 418 g/mol. The normalized spacial score (nSPS) is 10.6. The van der Waals surface area contributed by atoms with E-state index in [4.69, 9.17) is 4.74 Å². The summed E-state index contributed by atoms with van der Waals surface area (Å²) in [5, 5.41) is 28.6. The van der Waals surface area contributed by atoms with Gasteiger partial charge in [-0.2, -0.15) is 4.68 Å². The molecule has 1 aromatic heterocycles. The van der Waals surface area contributed by atoms with Gasteiger partial charge in [-0.05, 0) is 37.3 Å². The second-order valence-electron chi connectivity index (χ2n) is 7.16. The van der Waals surface area contributed by atoms with E-state index in [1.165, 1.54) is 28.9 Å². The van der Waals surface area contributed by atoms with Crippen LogP contribution in [0.15, 0.2) is 48.5 Å². The molecular formula is C21H21N5O6. The number of carbonyl (C=O) groups is 1. The van der Waals surface area contributed by atoms with Crippen LogP contribution >= 0.6 is 0 Å². The monoisotopic (exact) mass is 439 g/mol. The molecule has 0 aliphatic heterocycles. The Labute approximate surface area is 182 Å². The molecule has 11 nitrogen and oxygen atoms in total. The van der Waals surface area contributed by atoms with E-state index in [0.717, 1.165) is 5.56 Å². The van der Waals surface area contributed by atoms with Crippen LogP contribution in [-0.2, 0) is 11.3 Å². The van der Waals surface area contributed by atoms with Gasteiger partial charge in [0.2, 0.25) is 5.91 Å². The lowest BCUT2D eigenvalue weighted by Crippen LogP contribution is -2.13. The van der Waals surface area contributed by atoms with Crippen molar-refractivity contribution in [1.82, 2.24) is 9.78 Å². The first-order valence-corrected chi connectivity index (χ1v) is 9.74. The van der Waals surface area contributed by atoms with Crippen LogP contribution in [0.25, 0.3) is 0 Å². The Balaban J connectivity index is 1.64. The van der Waals surface area contributed by atoms with E-state index in [2.05, 4.69) is 10.4 Å². The molecule has 11 heteroatoms. The minimum atomic E-state index is -0.575. The van der Waals surface area contributed by atoms with E-state index in [9.17, 15) is 25.0 Å². The minimum absolute atomic E-state index is 0.101. The summed E-state index contributed by atoms with van der Waals surface area (Å²) in [5.74, 6) is 0.130. The Kier molecular flexibility index (Phi) is 6.78. The lowest BCUT2D eigenvalue weighted by Gasteiger charge is -2.10. The van der Waals surface area contributed by atoms with Gasteiger partial charge < -0.3 is 20.2 Å². The number of benzene rings is 2. The van der Waals surface area contributed by atoms with Crippen molar-refractivity contribution in [3.05, 3.63) is 80.0 Å². The Morgan fingerprint density at radius 3 is 2.38 bits per heavy atom. The second-order valence-corrected chi connectivity index (χ2v) is 7.16. The van der Waals surface area contributed by atoms with Gasteiger partial charge in [0.05, 0.1) is 40.1 Å². The van der Waals surface area contributed by atoms with Crippen LogP contribution in [0, 0.1) is 34.1 Å². The second kappa shape index (κ2) is 9.69. The van der Waals surface area contributed by atoms with Gasteiger partial charge >= 0.3 is 5.82 Å². The van der Waals surface area contributed by atoms with Crippen LogP contribution in [0.2, 0.25) is 0 Å². The lowest BCUT2D eigenvalue weighted by atomic mass is 10.2. The number of amides is 1. The van der Waals surface area contributed by atoms with E-state index in [-0.39, 0.29) is 35.3 Å². The molecule has 3 rings (SSSR count). The summed E-state index contributed by atoms with van der Waals surface area (Å²) in [7, 11) is 0. The van der Waals surface area contributed by atoms with Crippen molar-refractivity contribution in [2.45, 2.75) is 33.2 Å². The number of nitrogens with zero attached hydrogens (tertiary/aromatic N) is 4. The molecule has 0 atom stereocenters. The smallest absolute Gasteiger partial charge is 0.390 e. The van der Waals surface area contributed by atoms with Crippen molar-refractivity contribution in [2.24, 2.45) is 0 Å². The predicted molar refractivity (Wildman–Crippen MR) is 116 cm³/mol. The molecule has 0 saturated carbocycles. The maximum Gasteiger partial charge on any atom is 0.390 e. The van der Waals surface area contributed by atoms with Crippen LogP contribution in [0.1, 0.15) is 24.1 Å². The quantitative estimate of drug-likeness (QED) is 0.381. The Bertz CT molecular complexity index is 1160. The molecule has 0 unspecified atom stereocenters. The number of nitrogens with one attached hydrogen (secondary N) is 1. The summed E-state index contributed by atoms with van der Waals surface area (Å²) in [6.07, 6.45) is 0.483. The average molecular weight is 439 g/mol. The molecule has 1 amide bonds. The number of nitro groups is 2. The van der Waals surface area contributed by atoms with Crippen LogP contribution < -0.4 is 10.1 Å². The van der Waals surface area contributed by atoms with Crippen molar-refractivity contribution < 1.29 is 19.4 Å². The molecule has 1 N–H and O–H groups in total. The number of non-ortho nitro benzene ring substituents is 1. The zero-order valence-electron chi connectivity index (χ0n) is 17.5. The maximum atomic E-state index is 12.3. The molecule has 32 heavy (non-hydrogen) atoms. The van der Waals surface area contributed by atoms with Crippen molar-refractivity contribution in [3.8, 4) is 11.5 Å². The van der Waals surface area contributed by atoms with Crippen LogP contribution in [0.4, 0.5) is 17.2 Å². The van der Waals surface area contributed by atoms with Crippen molar-refractivity contribution >= 4 is 23.1 Å². The summed E-state index contributed by atoms with van der Waals surface area (Å²) < 4.78 is 7.16. The van der Waals surface area contributed by atoms with Gasteiger partial charge in [0, 0.05) is 18.6 Å². The summed E-state index contributed by atoms with van der Waals surface area (Å²) in [6, 6.07) is 12.6. The standard InChI is InChI=1S/C21H21N5O6/c1-14-5-7-18(8-6-14)32-19-12-16(11-17(13-19)25(28)29)22-21(27)4-3-9-24-15(2)10-20(23-24)26(30)31/h5-8,10-13H,3-4,9H2,1-2H3,(H,22,27). The number of aryl methyl sites for hydroxylation is 3. The number of nitro benzene ring substituents is 1. The zero-order valence-corrected chi connectivity index (χ0v) is 17.5. The molecule has 0 aliphatic rings. The summed E-state index contributed by atoms with van der Waals surface area (Å²) >= 11 is 0. The van der Waals surface area contributed by atoms with Gasteiger partial charge in [-0.15, -0.1) is 0 Å². The SMILES string of the molecule is Cc1ccc(Oc2cc(NC(=O)CCCn3nc([N+](=O)[O-])cc3C)cc([N+](=O)[O-])c2)cc1. The molecule has 1 heterocycles. The minimum Gasteiger partial charge on any atom is -0.457 e. The molecule has 0 aliphatic carbocycles. The predicted octanol–water partition coefficient (Wildman–Crippen LogP) is 4.53. The topological polar surface area (TPSA) is 142 Å². The van der Waals surface area contributed by atoms with Crippen LogP contribution in [0.3, 0.4) is 0 Å². The van der Waals surface area contributed by atoms with Gasteiger partial charge in [-0.1, -0.05) is 17.7 Å². The van der Waals surface area contributed by atoms with E-state index < -0.39 is 9.85 Å². The number of anilines is 1. The Hall–Kier alpha value is -4.28.